The molecule has 0 radical (unpaired) electrons. The monoisotopic (exact) mass is 1360 g/mol. The van der Waals surface area contributed by atoms with E-state index in [1.807, 2.05) is 0 Å². The number of nitrogens with one attached hydrogen (secondary N) is 1. The molecule has 0 aliphatic carbocycles. The van der Waals surface area contributed by atoms with E-state index in [4.69, 9.17) is 28.4 Å². The van der Waals surface area contributed by atoms with Crippen LogP contribution in [-0.4, -0.2) is 193 Å². The highest BCUT2D eigenvalue weighted by Gasteiger charge is 2.54. The standard InChI is InChI=1S/C76H145NO18/c1-3-5-7-9-11-13-15-17-19-21-23-24-25-26-27-28-29-30-31-32-33-34-35-36-37-39-41-43-45-47-49-51-53-60(81)59(77-64(82)54-52-50-48-46-44-42-40-38-22-20-18-16-14-12-10-8-6-4-2)58-90-74-70(88)67(85)72(62(56-79)92-74)95-76-71(89)68(86)73(63(57-80)93-76)94-75-69(87)66(84)65(83)61(55-78)91-75/h20,22,59-63,65-76,78-81,83-89H,3-19,21,23-58H2,1-2H3,(H,77,82)/b22-20-. The summed E-state index contributed by atoms with van der Waals surface area (Å²) in [7, 11) is 0. The second-order valence-corrected chi connectivity index (χ2v) is 28.5. The summed E-state index contributed by atoms with van der Waals surface area (Å²) in [4.78, 5) is 13.5. The van der Waals surface area contributed by atoms with Gasteiger partial charge in [0.25, 0.3) is 0 Å². The fourth-order valence-corrected chi connectivity index (χ4v) is 13.7. The average molecular weight is 1360 g/mol. The lowest BCUT2D eigenvalue weighted by molar-refractivity contribution is -0.379. The molecule has 12 N–H and O–H groups in total. The fourth-order valence-electron chi connectivity index (χ4n) is 13.7. The number of hydrogen-bond acceptors (Lipinski definition) is 18. The molecule has 95 heavy (non-hydrogen) atoms. The van der Waals surface area contributed by atoms with Gasteiger partial charge in [-0.05, 0) is 38.5 Å². The van der Waals surface area contributed by atoms with Gasteiger partial charge < -0.3 is 89.9 Å². The summed E-state index contributed by atoms with van der Waals surface area (Å²) in [6.07, 6.45) is 40.2. The lowest BCUT2D eigenvalue weighted by atomic mass is 9.96. The van der Waals surface area contributed by atoms with Gasteiger partial charge in [-0.25, -0.2) is 0 Å². The van der Waals surface area contributed by atoms with Crippen molar-refractivity contribution in [1.29, 1.82) is 0 Å². The summed E-state index contributed by atoms with van der Waals surface area (Å²) >= 11 is 0. The number of hydrogen-bond donors (Lipinski definition) is 12. The van der Waals surface area contributed by atoms with Crippen LogP contribution in [0, 0.1) is 0 Å². The third-order valence-corrected chi connectivity index (χ3v) is 20.1. The van der Waals surface area contributed by atoms with E-state index in [1.54, 1.807) is 0 Å². The van der Waals surface area contributed by atoms with Gasteiger partial charge in [-0.15, -0.1) is 0 Å². The summed E-state index contributed by atoms with van der Waals surface area (Å²) in [5, 5.41) is 121. The molecule has 3 heterocycles. The predicted molar refractivity (Wildman–Crippen MR) is 374 cm³/mol. The smallest absolute Gasteiger partial charge is 0.220 e. The number of carbonyl (C=O) groups is 1. The summed E-state index contributed by atoms with van der Waals surface area (Å²) in [6, 6.07) is -0.888. The molecule has 3 fully saturated rings. The molecule has 3 rings (SSSR count). The molecule has 3 aliphatic rings. The van der Waals surface area contributed by atoms with Crippen molar-refractivity contribution in [3.8, 4) is 0 Å². The first-order valence-electron chi connectivity index (χ1n) is 39.4. The van der Waals surface area contributed by atoms with Gasteiger partial charge in [-0.1, -0.05) is 302 Å². The quantitative estimate of drug-likeness (QED) is 0.0199. The zero-order valence-electron chi connectivity index (χ0n) is 59.9. The summed E-state index contributed by atoms with van der Waals surface area (Å²) < 4.78 is 34.5. The van der Waals surface area contributed by atoms with Crippen LogP contribution in [0.15, 0.2) is 12.2 Å². The Morgan fingerprint density at radius 2 is 0.663 bits per heavy atom. The Labute approximate surface area is 576 Å². The van der Waals surface area contributed by atoms with Crippen LogP contribution in [0.4, 0.5) is 0 Å². The molecule has 0 saturated carbocycles. The maximum Gasteiger partial charge on any atom is 0.220 e. The predicted octanol–water partition coefficient (Wildman–Crippen LogP) is 12.4. The Morgan fingerprint density at radius 3 is 1.02 bits per heavy atom. The molecule has 0 aromatic carbocycles. The number of ether oxygens (including phenoxy) is 6. The van der Waals surface area contributed by atoms with E-state index in [0.29, 0.717) is 12.8 Å². The van der Waals surface area contributed by atoms with E-state index in [-0.39, 0.29) is 18.9 Å². The Morgan fingerprint density at radius 1 is 0.368 bits per heavy atom. The lowest BCUT2D eigenvalue weighted by Crippen LogP contribution is -2.66. The molecule has 0 spiro atoms. The number of amides is 1. The minimum absolute atomic E-state index is 0.242. The van der Waals surface area contributed by atoms with Crippen molar-refractivity contribution in [2.24, 2.45) is 0 Å². The first kappa shape index (κ1) is 87.7. The van der Waals surface area contributed by atoms with Crippen LogP contribution in [0.2, 0.25) is 0 Å². The number of allylic oxidation sites excluding steroid dienone is 2. The van der Waals surface area contributed by atoms with Gasteiger partial charge in [-0.3, -0.25) is 4.79 Å². The summed E-state index contributed by atoms with van der Waals surface area (Å²) in [5.74, 6) is -0.242. The van der Waals surface area contributed by atoms with E-state index in [0.717, 1.165) is 57.8 Å². The Kier molecular flexibility index (Phi) is 53.6. The largest absolute Gasteiger partial charge is 0.394 e. The van der Waals surface area contributed by atoms with Crippen LogP contribution >= 0.6 is 0 Å². The highest BCUT2D eigenvalue weighted by Crippen LogP contribution is 2.33. The molecule has 17 atom stereocenters. The number of aliphatic hydroxyl groups excluding tert-OH is 11. The molecule has 0 aromatic rings. The molecular weight excluding hydrogens is 1210 g/mol. The van der Waals surface area contributed by atoms with Gasteiger partial charge in [0.1, 0.15) is 73.2 Å². The third-order valence-electron chi connectivity index (χ3n) is 20.1. The number of carbonyl (C=O) groups excluding carboxylic acids is 1. The van der Waals surface area contributed by atoms with Crippen LogP contribution in [-0.2, 0) is 33.2 Å². The van der Waals surface area contributed by atoms with Crippen molar-refractivity contribution in [2.45, 2.75) is 439 Å². The molecule has 19 nitrogen and oxygen atoms in total. The van der Waals surface area contributed by atoms with E-state index < -0.39 is 124 Å². The second kappa shape index (κ2) is 58.1. The van der Waals surface area contributed by atoms with Crippen LogP contribution in [0.25, 0.3) is 0 Å². The molecule has 17 unspecified atom stereocenters. The Bertz CT molecular complexity index is 1770. The van der Waals surface area contributed by atoms with Crippen molar-refractivity contribution < 1.29 is 89.4 Å². The topological polar surface area (TPSA) is 307 Å². The zero-order valence-corrected chi connectivity index (χ0v) is 59.9. The van der Waals surface area contributed by atoms with Gasteiger partial charge in [0.15, 0.2) is 18.9 Å². The van der Waals surface area contributed by atoms with Crippen molar-refractivity contribution in [1.82, 2.24) is 5.32 Å². The lowest BCUT2D eigenvalue weighted by Gasteiger charge is -2.48. The normalized spacial score (nSPS) is 27.2. The highest BCUT2D eigenvalue weighted by atomic mass is 16.8. The number of unbranched alkanes of at least 4 members (excludes halogenated alkanes) is 45. The minimum Gasteiger partial charge on any atom is -0.394 e. The molecule has 19 heteroatoms. The first-order chi connectivity index (χ1) is 46.3. The van der Waals surface area contributed by atoms with Crippen molar-refractivity contribution in [2.75, 3.05) is 26.4 Å². The molecular formula is C76H145NO18. The first-order valence-corrected chi connectivity index (χ1v) is 39.4. The van der Waals surface area contributed by atoms with Crippen molar-refractivity contribution >= 4 is 5.91 Å². The van der Waals surface area contributed by atoms with Gasteiger partial charge >= 0.3 is 0 Å². The van der Waals surface area contributed by atoms with E-state index in [2.05, 4.69) is 31.3 Å². The van der Waals surface area contributed by atoms with Crippen LogP contribution < -0.4 is 5.32 Å². The molecule has 0 bridgehead atoms. The number of rotatable bonds is 63. The SMILES string of the molecule is CCCCCCCCC/C=C\CCCCCCCCCC(=O)NC(COC1OC(CO)C(OC2OC(CO)C(OC3OC(CO)C(O)C(O)C3O)C(O)C2O)C(O)C1O)C(O)CCCCCCCCCCCCCCCCCCCCCCCCCCCCCCCCCC. The highest BCUT2D eigenvalue weighted by molar-refractivity contribution is 5.76. The minimum atomic E-state index is -1.97. The van der Waals surface area contributed by atoms with Gasteiger partial charge in [0, 0.05) is 6.42 Å². The maximum atomic E-state index is 13.5. The molecule has 0 aromatic heterocycles. The average Bonchev–Trinajstić information content (AvgIpc) is 0.787. The Hall–Kier alpha value is -1.47. The molecule has 3 saturated heterocycles. The van der Waals surface area contributed by atoms with Crippen LogP contribution in [0.3, 0.4) is 0 Å². The number of aliphatic hydroxyl groups is 11. The fraction of sp³-hybridized carbons (Fsp3) is 0.961. The van der Waals surface area contributed by atoms with Crippen LogP contribution in [0.1, 0.15) is 335 Å². The molecule has 562 valence electrons. The summed E-state index contributed by atoms with van der Waals surface area (Å²) in [6.45, 7) is 1.85. The summed E-state index contributed by atoms with van der Waals surface area (Å²) in [5.41, 5.74) is 0. The van der Waals surface area contributed by atoms with Crippen molar-refractivity contribution in [3.05, 3.63) is 12.2 Å². The van der Waals surface area contributed by atoms with Crippen LogP contribution in [0.5, 0.6) is 0 Å². The van der Waals surface area contributed by atoms with E-state index >= 15 is 0 Å². The maximum absolute atomic E-state index is 13.5. The van der Waals surface area contributed by atoms with Gasteiger partial charge in [0.2, 0.25) is 5.91 Å². The molecule has 1 amide bonds. The third kappa shape index (κ3) is 39.0. The second-order valence-electron chi connectivity index (χ2n) is 28.5. The van der Waals surface area contributed by atoms with Crippen molar-refractivity contribution in [3.63, 3.8) is 0 Å². The molecule has 3 aliphatic heterocycles. The van der Waals surface area contributed by atoms with Gasteiger partial charge in [0.05, 0.1) is 38.6 Å². The zero-order chi connectivity index (χ0) is 68.9. The van der Waals surface area contributed by atoms with E-state index in [1.165, 1.54) is 244 Å². The Balaban J connectivity index is 1.35. The van der Waals surface area contributed by atoms with E-state index in [9.17, 15) is 61.0 Å². The van der Waals surface area contributed by atoms with Gasteiger partial charge in [-0.2, -0.15) is 0 Å².